The first-order valence-electron chi connectivity index (χ1n) is 7.99. The highest BCUT2D eigenvalue weighted by Crippen LogP contribution is 2.26. The van der Waals surface area contributed by atoms with E-state index in [1.807, 2.05) is 19.1 Å². The zero-order valence-corrected chi connectivity index (χ0v) is 15.1. The van der Waals surface area contributed by atoms with Crippen LogP contribution < -0.4 is 15.8 Å². The third kappa shape index (κ3) is 4.82. The van der Waals surface area contributed by atoms with Crippen molar-refractivity contribution < 1.29 is 18.4 Å². The fourth-order valence-corrected chi connectivity index (χ4v) is 2.85. The number of aryl methyl sites for hydroxylation is 1. The molecular formula is C18H16F2N4O2S. The normalized spacial score (nSPS) is 14.0. The number of anilines is 2. The molecule has 1 aliphatic heterocycles. The van der Waals surface area contributed by atoms with Gasteiger partial charge < -0.3 is 5.32 Å². The smallest absolute Gasteiger partial charge is 0.292 e. The second-order valence-electron chi connectivity index (χ2n) is 5.70. The summed E-state index contributed by atoms with van der Waals surface area (Å²) in [5.74, 6) is -3.34. The van der Waals surface area contributed by atoms with E-state index >= 15 is 0 Å². The number of nitrogens with zero attached hydrogens (tertiary/aromatic N) is 2. The van der Waals surface area contributed by atoms with Crippen LogP contribution in [0.25, 0.3) is 0 Å². The van der Waals surface area contributed by atoms with E-state index in [0.717, 1.165) is 5.56 Å². The van der Waals surface area contributed by atoms with Crippen LogP contribution in [0.5, 0.6) is 0 Å². The lowest BCUT2D eigenvalue weighted by molar-refractivity contribution is -0.118. The lowest BCUT2D eigenvalue weighted by atomic mass is 10.2. The molecule has 0 fully saturated rings. The molecule has 0 spiro atoms. The molecule has 1 aliphatic rings. The molecule has 0 radical (unpaired) electrons. The number of amides is 2. The van der Waals surface area contributed by atoms with Crippen LogP contribution in [0.2, 0.25) is 0 Å². The van der Waals surface area contributed by atoms with Gasteiger partial charge in [-0.1, -0.05) is 29.5 Å². The standard InChI is InChI=1S/C18H16F2N4O2S/c1-11-2-6-13(7-3-11)24-15(25)10-21-16(23-24)17(26)22-12-4-8-14(9-5-12)27-18(19)20/h2-9,18H,10H2,1H3,(H,21,23)(H,22,26). The van der Waals surface area contributed by atoms with Gasteiger partial charge in [-0.25, -0.2) is 5.01 Å². The van der Waals surface area contributed by atoms with Crippen LogP contribution >= 0.6 is 11.8 Å². The van der Waals surface area contributed by atoms with E-state index in [-0.39, 0.29) is 18.3 Å². The van der Waals surface area contributed by atoms with Crippen LogP contribution in [-0.2, 0) is 9.59 Å². The lowest BCUT2D eigenvalue weighted by Gasteiger charge is -2.27. The van der Waals surface area contributed by atoms with Gasteiger partial charge in [0.05, 0.1) is 5.69 Å². The van der Waals surface area contributed by atoms with Crippen LogP contribution in [-0.4, -0.2) is 30.0 Å². The number of benzene rings is 2. The summed E-state index contributed by atoms with van der Waals surface area (Å²) in [6.45, 7) is 1.77. The second-order valence-corrected chi connectivity index (χ2v) is 6.76. The number of halogens is 2. The first kappa shape index (κ1) is 18.8. The number of hydrogen-bond donors (Lipinski definition) is 2. The molecule has 2 aromatic rings. The summed E-state index contributed by atoms with van der Waals surface area (Å²) >= 11 is 0.427. The van der Waals surface area contributed by atoms with Crippen LogP contribution in [0.4, 0.5) is 20.2 Å². The summed E-state index contributed by atoms with van der Waals surface area (Å²) in [6.07, 6.45) is 0. The summed E-state index contributed by atoms with van der Waals surface area (Å²) in [6, 6.07) is 13.3. The van der Waals surface area contributed by atoms with E-state index in [9.17, 15) is 18.4 Å². The largest absolute Gasteiger partial charge is 0.319 e. The van der Waals surface area contributed by atoms with E-state index in [1.165, 1.54) is 29.3 Å². The second kappa shape index (κ2) is 8.17. The number of thioether (sulfide) groups is 1. The maximum Gasteiger partial charge on any atom is 0.292 e. The number of aliphatic imine (C=N–C) groups is 1. The molecule has 2 amide bonds. The highest BCUT2D eigenvalue weighted by Gasteiger charge is 2.25. The minimum atomic E-state index is -2.50. The first-order valence-corrected chi connectivity index (χ1v) is 8.87. The van der Waals surface area contributed by atoms with Crippen molar-refractivity contribution in [1.82, 2.24) is 5.43 Å². The molecule has 0 saturated heterocycles. The Morgan fingerprint density at radius 1 is 1.19 bits per heavy atom. The Balaban J connectivity index is 1.67. The SMILES string of the molecule is Cc1ccc(N2NC(C(=O)Nc3ccc(SC(F)F)cc3)=NCC2=O)cc1. The molecule has 6 nitrogen and oxygen atoms in total. The minimum Gasteiger partial charge on any atom is -0.319 e. The molecule has 2 N–H and O–H groups in total. The van der Waals surface area contributed by atoms with Crippen molar-refractivity contribution in [2.24, 2.45) is 4.99 Å². The Morgan fingerprint density at radius 3 is 2.48 bits per heavy atom. The Bertz CT molecular complexity index is 870. The van der Waals surface area contributed by atoms with Crippen LogP contribution in [0.15, 0.2) is 58.4 Å². The van der Waals surface area contributed by atoms with E-state index < -0.39 is 11.7 Å². The summed E-state index contributed by atoms with van der Waals surface area (Å²) in [5.41, 5.74) is 4.79. The number of nitrogens with one attached hydrogen (secondary N) is 2. The summed E-state index contributed by atoms with van der Waals surface area (Å²) < 4.78 is 24.7. The van der Waals surface area contributed by atoms with Gasteiger partial charge in [0, 0.05) is 10.6 Å². The fourth-order valence-electron chi connectivity index (χ4n) is 2.36. The molecule has 1 heterocycles. The van der Waals surface area contributed by atoms with Gasteiger partial charge in [0.25, 0.3) is 17.6 Å². The molecule has 2 aromatic carbocycles. The number of rotatable bonds is 5. The van der Waals surface area contributed by atoms with E-state index in [4.69, 9.17) is 0 Å². The average Bonchev–Trinajstić information content (AvgIpc) is 2.64. The quantitative estimate of drug-likeness (QED) is 0.769. The predicted molar refractivity (Wildman–Crippen MR) is 101 cm³/mol. The van der Waals surface area contributed by atoms with Gasteiger partial charge in [0.2, 0.25) is 5.84 Å². The Kier molecular flexibility index (Phi) is 5.70. The lowest BCUT2D eigenvalue weighted by Crippen LogP contribution is -2.54. The van der Waals surface area contributed by atoms with Gasteiger partial charge in [-0.2, -0.15) is 8.78 Å². The van der Waals surface area contributed by atoms with Crippen molar-refractivity contribution in [3.05, 3.63) is 54.1 Å². The van der Waals surface area contributed by atoms with Crippen molar-refractivity contribution in [3.8, 4) is 0 Å². The highest BCUT2D eigenvalue weighted by molar-refractivity contribution is 7.99. The van der Waals surface area contributed by atoms with Crippen LogP contribution in [0.1, 0.15) is 5.56 Å². The highest BCUT2D eigenvalue weighted by atomic mass is 32.2. The predicted octanol–water partition coefficient (Wildman–Crippen LogP) is 3.20. The Hall–Kier alpha value is -2.94. The topological polar surface area (TPSA) is 73.8 Å². The van der Waals surface area contributed by atoms with Gasteiger partial charge >= 0.3 is 0 Å². The zero-order chi connectivity index (χ0) is 19.4. The monoisotopic (exact) mass is 390 g/mol. The van der Waals surface area contributed by atoms with Gasteiger partial charge in [0.1, 0.15) is 6.54 Å². The minimum absolute atomic E-state index is 0.0128. The summed E-state index contributed by atoms with van der Waals surface area (Å²) in [5, 5.41) is 3.89. The van der Waals surface area contributed by atoms with Gasteiger partial charge in [0.15, 0.2) is 0 Å². The van der Waals surface area contributed by atoms with E-state index in [2.05, 4.69) is 15.7 Å². The maximum atomic E-state index is 12.4. The van der Waals surface area contributed by atoms with Crippen molar-refractivity contribution in [1.29, 1.82) is 0 Å². The maximum absolute atomic E-state index is 12.4. The number of hydrogen-bond acceptors (Lipinski definition) is 5. The molecule has 0 atom stereocenters. The number of carbonyl (C=O) groups excluding carboxylic acids is 2. The van der Waals surface area contributed by atoms with Crippen molar-refractivity contribution in [2.75, 3.05) is 16.9 Å². The summed E-state index contributed by atoms with van der Waals surface area (Å²) in [7, 11) is 0. The first-order chi connectivity index (χ1) is 12.9. The molecule has 0 aromatic heterocycles. The molecule has 27 heavy (non-hydrogen) atoms. The Labute approximate surface area is 158 Å². The third-order valence-electron chi connectivity index (χ3n) is 3.68. The third-order valence-corrected chi connectivity index (χ3v) is 4.41. The van der Waals surface area contributed by atoms with Gasteiger partial charge in [-0.05, 0) is 43.3 Å². The molecular weight excluding hydrogens is 374 g/mol. The summed E-state index contributed by atoms with van der Waals surface area (Å²) in [4.78, 5) is 28.8. The molecule has 0 bridgehead atoms. The molecule has 0 saturated carbocycles. The molecule has 9 heteroatoms. The van der Waals surface area contributed by atoms with Gasteiger partial charge in [-0.15, -0.1) is 0 Å². The van der Waals surface area contributed by atoms with Crippen molar-refractivity contribution >= 4 is 40.8 Å². The van der Waals surface area contributed by atoms with E-state index in [0.29, 0.717) is 28.0 Å². The fraction of sp³-hybridized carbons (Fsp3) is 0.167. The Morgan fingerprint density at radius 2 is 1.85 bits per heavy atom. The van der Waals surface area contributed by atoms with Crippen molar-refractivity contribution in [2.45, 2.75) is 17.6 Å². The van der Waals surface area contributed by atoms with E-state index in [1.54, 1.807) is 12.1 Å². The average molecular weight is 390 g/mol. The van der Waals surface area contributed by atoms with Crippen LogP contribution in [0.3, 0.4) is 0 Å². The number of hydrazine groups is 1. The number of alkyl halides is 2. The van der Waals surface area contributed by atoms with Gasteiger partial charge in [-0.3, -0.25) is 20.0 Å². The molecule has 140 valence electrons. The number of amidine groups is 1. The van der Waals surface area contributed by atoms with Crippen molar-refractivity contribution in [3.63, 3.8) is 0 Å². The molecule has 0 unspecified atom stereocenters. The zero-order valence-electron chi connectivity index (χ0n) is 14.3. The molecule has 3 rings (SSSR count). The number of carbonyl (C=O) groups is 2. The molecule has 0 aliphatic carbocycles. The van der Waals surface area contributed by atoms with Crippen LogP contribution in [0, 0.1) is 6.92 Å².